The lowest BCUT2D eigenvalue weighted by Crippen LogP contribution is -1.94. The van der Waals surface area contributed by atoms with Crippen molar-refractivity contribution in [2.45, 2.75) is 6.92 Å². The SMILES string of the molecule is Cc1cc(-c2nc3c(C#N)cccc3[nH]2)n(C)n1. The molecule has 0 bridgehead atoms. The minimum atomic E-state index is 0.578. The molecule has 0 amide bonds. The van der Waals surface area contributed by atoms with E-state index < -0.39 is 0 Å². The quantitative estimate of drug-likeness (QED) is 0.704. The van der Waals surface area contributed by atoms with E-state index in [-0.39, 0.29) is 0 Å². The number of aromatic amines is 1. The summed E-state index contributed by atoms with van der Waals surface area (Å²) in [6.07, 6.45) is 0. The molecule has 5 nitrogen and oxygen atoms in total. The molecule has 0 spiro atoms. The maximum Gasteiger partial charge on any atom is 0.156 e. The molecule has 1 aromatic carbocycles. The summed E-state index contributed by atoms with van der Waals surface area (Å²) in [5.74, 6) is 0.732. The van der Waals surface area contributed by atoms with Crippen LogP contribution in [0.4, 0.5) is 0 Å². The maximum absolute atomic E-state index is 9.05. The third kappa shape index (κ3) is 1.47. The average Bonchev–Trinajstić information content (AvgIpc) is 2.91. The van der Waals surface area contributed by atoms with E-state index in [0.717, 1.165) is 22.7 Å². The monoisotopic (exact) mass is 237 g/mol. The molecule has 1 N–H and O–H groups in total. The highest BCUT2D eigenvalue weighted by molar-refractivity contribution is 5.84. The molecule has 0 aliphatic heterocycles. The van der Waals surface area contributed by atoms with Crippen LogP contribution in [-0.4, -0.2) is 19.7 Å². The van der Waals surface area contributed by atoms with E-state index in [0.29, 0.717) is 11.1 Å². The molecule has 5 heteroatoms. The van der Waals surface area contributed by atoms with Gasteiger partial charge in [-0.05, 0) is 25.1 Å². The summed E-state index contributed by atoms with van der Waals surface area (Å²) < 4.78 is 1.78. The summed E-state index contributed by atoms with van der Waals surface area (Å²) in [6, 6.07) is 9.63. The Morgan fingerprint density at radius 2 is 2.22 bits per heavy atom. The van der Waals surface area contributed by atoms with Crippen LogP contribution in [0.2, 0.25) is 0 Å². The Kier molecular flexibility index (Phi) is 2.17. The van der Waals surface area contributed by atoms with E-state index in [1.165, 1.54) is 0 Å². The van der Waals surface area contributed by atoms with Gasteiger partial charge in [0.25, 0.3) is 0 Å². The lowest BCUT2D eigenvalue weighted by molar-refractivity contribution is 0.760. The topological polar surface area (TPSA) is 70.3 Å². The summed E-state index contributed by atoms with van der Waals surface area (Å²) in [4.78, 5) is 7.71. The number of hydrogen-bond donors (Lipinski definition) is 1. The first-order valence-corrected chi connectivity index (χ1v) is 5.59. The van der Waals surface area contributed by atoms with Gasteiger partial charge < -0.3 is 4.98 Å². The predicted octanol–water partition coefficient (Wildman–Crippen LogP) is 2.14. The third-order valence-corrected chi connectivity index (χ3v) is 2.88. The van der Waals surface area contributed by atoms with Crippen LogP contribution < -0.4 is 0 Å². The van der Waals surface area contributed by atoms with Crippen LogP contribution in [0.25, 0.3) is 22.6 Å². The van der Waals surface area contributed by atoms with Crippen molar-refractivity contribution in [1.29, 1.82) is 5.26 Å². The highest BCUT2D eigenvalue weighted by atomic mass is 15.3. The second-order valence-corrected chi connectivity index (χ2v) is 4.19. The van der Waals surface area contributed by atoms with Crippen molar-refractivity contribution >= 4 is 11.0 Å². The van der Waals surface area contributed by atoms with Gasteiger partial charge in [-0.2, -0.15) is 10.4 Å². The standard InChI is InChI=1S/C13H11N5/c1-8-6-11(18(2)17-8)13-15-10-5-3-4-9(7-14)12(10)16-13/h3-6H,1-2H3,(H,15,16). The molecule has 0 fully saturated rings. The predicted molar refractivity (Wildman–Crippen MR) is 67.7 cm³/mol. The van der Waals surface area contributed by atoms with Gasteiger partial charge in [0.05, 0.1) is 16.8 Å². The summed E-state index contributed by atoms with van der Waals surface area (Å²) in [5, 5.41) is 13.3. The van der Waals surface area contributed by atoms with Crippen LogP contribution in [0.15, 0.2) is 24.3 Å². The minimum Gasteiger partial charge on any atom is -0.337 e. The minimum absolute atomic E-state index is 0.578. The first-order valence-electron chi connectivity index (χ1n) is 5.59. The van der Waals surface area contributed by atoms with Crippen molar-refractivity contribution in [3.63, 3.8) is 0 Å². The highest BCUT2D eigenvalue weighted by Crippen LogP contribution is 2.22. The van der Waals surface area contributed by atoms with Crippen LogP contribution in [0, 0.1) is 18.3 Å². The number of imidazole rings is 1. The molecule has 0 aliphatic carbocycles. The Balaban J connectivity index is 2.26. The molecule has 0 saturated heterocycles. The molecule has 3 rings (SSSR count). The summed E-state index contributed by atoms with van der Waals surface area (Å²) in [7, 11) is 1.88. The summed E-state index contributed by atoms with van der Waals surface area (Å²) in [5.41, 5.74) is 3.99. The highest BCUT2D eigenvalue weighted by Gasteiger charge is 2.12. The fourth-order valence-corrected chi connectivity index (χ4v) is 2.08. The van der Waals surface area contributed by atoms with Crippen molar-refractivity contribution in [3.05, 3.63) is 35.5 Å². The number of hydrogen-bond acceptors (Lipinski definition) is 3. The number of H-pyrrole nitrogens is 1. The van der Waals surface area contributed by atoms with E-state index in [9.17, 15) is 0 Å². The van der Waals surface area contributed by atoms with E-state index in [4.69, 9.17) is 5.26 Å². The zero-order valence-electron chi connectivity index (χ0n) is 10.1. The number of nitriles is 1. The maximum atomic E-state index is 9.05. The smallest absolute Gasteiger partial charge is 0.156 e. The number of aryl methyl sites for hydroxylation is 2. The van der Waals surface area contributed by atoms with Gasteiger partial charge >= 0.3 is 0 Å². The van der Waals surface area contributed by atoms with Gasteiger partial charge in [-0.1, -0.05) is 6.07 Å². The average molecular weight is 237 g/mol. The van der Waals surface area contributed by atoms with Crippen LogP contribution in [0.3, 0.4) is 0 Å². The molecule has 0 unspecified atom stereocenters. The first kappa shape index (κ1) is 10.5. The Morgan fingerprint density at radius 1 is 1.39 bits per heavy atom. The normalized spacial score (nSPS) is 10.7. The molecule has 0 saturated carbocycles. The third-order valence-electron chi connectivity index (χ3n) is 2.88. The molecule has 3 aromatic rings. The Bertz CT molecular complexity index is 772. The number of nitrogens with one attached hydrogen (secondary N) is 1. The summed E-state index contributed by atoms with van der Waals surface area (Å²) in [6.45, 7) is 1.94. The zero-order valence-corrected chi connectivity index (χ0v) is 10.1. The Labute approximate surface area is 104 Å². The van der Waals surface area contributed by atoms with E-state index in [1.54, 1.807) is 10.7 Å². The Hall–Kier alpha value is -2.61. The number of nitrogens with zero attached hydrogens (tertiary/aromatic N) is 4. The van der Waals surface area contributed by atoms with E-state index >= 15 is 0 Å². The fraction of sp³-hybridized carbons (Fsp3) is 0.154. The lowest BCUT2D eigenvalue weighted by Gasteiger charge is -1.95. The van der Waals surface area contributed by atoms with Crippen molar-refractivity contribution in [3.8, 4) is 17.6 Å². The number of rotatable bonds is 1. The second-order valence-electron chi connectivity index (χ2n) is 4.19. The lowest BCUT2D eigenvalue weighted by atomic mass is 10.2. The van der Waals surface area contributed by atoms with Gasteiger partial charge in [0.15, 0.2) is 5.82 Å². The van der Waals surface area contributed by atoms with Gasteiger partial charge in [0.1, 0.15) is 17.3 Å². The van der Waals surface area contributed by atoms with Gasteiger partial charge in [-0.15, -0.1) is 0 Å². The van der Waals surface area contributed by atoms with Crippen LogP contribution in [0.1, 0.15) is 11.3 Å². The molecule has 88 valence electrons. The van der Waals surface area contributed by atoms with Gasteiger partial charge in [-0.3, -0.25) is 4.68 Å². The molecular formula is C13H11N5. The van der Waals surface area contributed by atoms with Gasteiger partial charge in [0.2, 0.25) is 0 Å². The van der Waals surface area contributed by atoms with Crippen molar-refractivity contribution in [1.82, 2.24) is 19.7 Å². The zero-order chi connectivity index (χ0) is 12.7. The van der Waals surface area contributed by atoms with Crippen molar-refractivity contribution < 1.29 is 0 Å². The molecule has 0 radical (unpaired) electrons. The van der Waals surface area contributed by atoms with Crippen molar-refractivity contribution in [2.75, 3.05) is 0 Å². The van der Waals surface area contributed by atoms with Crippen LogP contribution in [-0.2, 0) is 7.05 Å². The van der Waals surface area contributed by atoms with Gasteiger partial charge in [0, 0.05) is 7.05 Å². The number of fused-ring (bicyclic) bond motifs is 1. The molecule has 2 aromatic heterocycles. The van der Waals surface area contributed by atoms with Crippen LogP contribution >= 0.6 is 0 Å². The molecule has 2 heterocycles. The molecular weight excluding hydrogens is 226 g/mol. The number of benzene rings is 1. The van der Waals surface area contributed by atoms with Crippen molar-refractivity contribution in [2.24, 2.45) is 7.05 Å². The largest absolute Gasteiger partial charge is 0.337 e. The van der Waals surface area contributed by atoms with E-state index in [2.05, 4.69) is 21.1 Å². The Morgan fingerprint density at radius 3 is 2.89 bits per heavy atom. The second kappa shape index (κ2) is 3.70. The van der Waals surface area contributed by atoms with Crippen LogP contribution in [0.5, 0.6) is 0 Å². The fourth-order valence-electron chi connectivity index (χ4n) is 2.08. The number of para-hydroxylation sites is 1. The first-order chi connectivity index (χ1) is 8.69. The van der Waals surface area contributed by atoms with E-state index in [1.807, 2.05) is 32.2 Å². The summed E-state index contributed by atoms with van der Waals surface area (Å²) >= 11 is 0. The molecule has 0 atom stereocenters. The molecule has 0 aliphatic rings. The van der Waals surface area contributed by atoms with Gasteiger partial charge in [-0.25, -0.2) is 4.98 Å². The number of aromatic nitrogens is 4. The molecule has 18 heavy (non-hydrogen) atoms.